The highest BCUT2D eigenvalue weighted by Crippen LogP contribution is 2.43. The lowest BCUT2D eigenvalue weighted by Crippen LogP contribution is -2.11. The van der Waals surface area contributed by atoms with Gasteiger partial charge in [-0.25, -0.2) is 4.98 Å². The number of anilines is 3. The van der Waals surface area contributed by atoms with E-state index in [0.717, 1.165) is 39.7 Å². The summed E-state index contributed by atoms with van der Waals surface area (Å²) < 4.78 is 2.51. The Morgan fingerprint density at radius 1 is 0.500 bits per heavy atom. The lowest BCUT2D eigenvalue weighted by molar-refractivity contribution is 1.18. The summed E-state index contributed by atoms with van der Waals surface area (Å²) in [6, 6.07) is 50.8. The second-order valence-corrected chi connectivity index (χ2v) is 11.3. The van der Waals surface area contributed by atoms with Crippen LogP contribution in [0, 0.1) is 0 Å². The molecule has 3 aromatic heterocycles. The first-order chi connectivity index (χ1) is 20.8. The maximum atomic E-state index is 5.12. The number of aromatic nitrogens is 2. The Hall–Kier alpha value is -5.32. The van der Waals surface area contributed by atoms with Crippen molar-refractivity contribution in [1.82, 2.24) is 9.97 Å². The maximum absolute atomic E-state index is 5.12. The van der Waals surface area contributed by atoms with Gasteiger partial charge in [-0.2, -0.15) is 0 Å². The number of thiophene rings is 1. The number of nitrogens with zero attached hydrogens (tertiary/aromatic N) is 3. The quantitative estimate of drug-likeness (QED) is 0.211. The molecule has 0 bridgehead atoms. The number of hydrogen-bond acceptors (Lipinski definition) is 4. The zero-order valence-electron chi connectivity index (χ0n) is 22.7. The molecule has 42 heavy (non-hydrogen) atoms. The van der Waals surface area contributed by atoms with Gasteiger partial charge in [0, 0.05) is 44.2 Å². The molecule has 0 amide bonds. The van der Waals surface area contributed by atoms with E-state index >= 15 is 0 Å². The van der Waals surface area contributed by atoms with E-state index in [0.29, 0.717) is 0 Å². The molecule has 3 nitrogen and oxygen atoms in total. The lowest BCUT2D eigenvalue weighted by atomic mass is 10.0. The summed E-state index contributed by atoms with van der Waals surface area (Å²) in [5.41, 5.74) is 6.18. The molecule has 5 aromatic carbocycles. The van der Waals surface area contributed by atoms with Crippen molar-refractivity contribution in [2.75, 3.05) is 4.90 Å². The third-order valence-electron chi connectivity index (χ3n) is 7.70. The Labute approximate surface area is 248 Å². The minimum Gasteiger partial charge on any atom is -0.295 e. The third kappa shape index (κ3) is 4.21. The fourth-order valence-corrected chi connectivity index (χ4v) is 7.08. The van der Waals surface area contributed by atoms with Crippen LogP contribution in [0.4, 0.5) is 17.2 Å². The zero-order chi connectivity index (χ0) is 27.9. The van der Waals surface area contributed by atoms with E-state index in [-0.39, 0.29) is 0 Å². The number of pyridine rings is 2. The van der Waals surface area contributed by atoms with E-state index in [2.05, 4.69) is 126 Å². The Bertz CT molecular complexity index is 2200. The van der Waals surface area contributed by atoms with Crippen molar-refractivity contribution in [3.8, 4) is 22.5 Å². The van der Waals surface area contributed by atoms with E-state index < -0.39 is 0 Å². The van der Waals surface area contributed by atoms with Gasteiger partial charge in [0.05, 0.1) is 16.1 Å². The molecule has 0 unspecified atom stereocenters. The van der Waals surface area contributed by atoms with Crippen LogP contribution in [0.25, 0.3) is 53.5 Å². The Morgan fingerprint density at radius 2 is 1.21 bits per heavy atom. The van der Waals surface area contributed by atoms with Crippen LogP contribution >= 0.6 is 11.3 Å². The predicted molar refractivity (Wildman–Crippen MR) is 178 cm³/mol. The second-order valence-electron chi connectivity index (χ2n) is 10.3. The van der Waals surface area contributed by atoms with Gasteiger partial charge >= 0.3 is 0 Å². The van der Waals surface area contributed by atoms with E-state index in [4.69, 9.17) is 9.97 Å². The summed E-state index contributed by atoms with van der Waals surface area (Å²) in [6.45, 7) is 0. The van der Waals surface area contributed by atoms with Gasteiger partial charge < -0.3 is 0 Å². The first-order valence-electron chi connectivity index (χ1n) is 14.0. The summed E-state index contributed by atoms with van der Waals surface area (Å²) in [5, 5.41) is 5.07. The molecule has 0 N–H and O–H groups in total. The SMILES string of the molecule is c1ccc(-c2cccc(N(c3ccccc3)c3cccc(-c4nccc5c4sc4c6ccccc6ccc54)c3)n2)cc1. The molecule has 198 valence electrons. The minimum atomic E-state index is 0.860. The monoisotopic (exact) mass is 555 g/mol. The molecule has 8 aromatic rings. The predicted octanol–water partition coefficient (Wildman–Crippen LogP) is 10.8. The van der Waals surface area contributed by atoms with E-state index in [1.165, 1.54) is 30.9 Å². The van der Waals surface area contributed by atoms with Crippen LogP contribution in [-0.4, -0.2) is 9.97 Å². The van der Waals surface area contributed by atoms with Crippen molar-refractivity contribution >= 4 is 59.5 Å². The highest BCUT2D eigenvalue weighted by Gasteiger charge is 2.18. The Morgan fingerprint density at radius 3 is 2.10 bits per heavy atom. The van der Waals surface area contributed by atoms with Crippen molar-refractivity contribution in [2.45, 2.75) is 0 Å². The Kier molecular flexibility index (Phi) is 5.98. The van der Waals surface area contributed by atoms with E-state index in [9.17, 15) is 0 Å². The van der Waals surface area contributed by atoms with Crippen molar-refractivity contribution < 1.29 is 0 Å². The average Bonchev–Trinajstić information content (AvgIpc) is 3.46. The Balaban J connectivity index is 1.29. The van der Waals surface area contributed by atoms with E-state index in [1.807, 2.05) is 41.8 Å². The van der Waals surface area contributed by atoms with Crippen molar-refractivity contribution in [3.63, 3.8) is 0 Å². The summed E-state index contributed by atoms with van der Waals surface area (Å²) >= 11 is 1.83. The van der Waals surface area contributed by atoms with Crippen LogP contribution in [0.3, 0.4) is 0 Å². The highest BCUT2D eigenvalue weighted by atomic mass is 32.1. The zero-order valence-corrected chi connectivity index (χ0v) is 23.5. The normalized spacial score (nSPS) is 11.3. The summed E-state index contributed by atoms with van der Waals surface area (Å²) in [6.07, 6.45) is 1.94. The lowest BCUT2D eigenvalue weighted by Gasteiger charge is -2.25. The van der Waals surface area contributed by atoms with Crippen LogP contribution in [-0.2, 0) is 0 Å². The van der Waals surface area contributed by atoms with Crippen molar-refractivity contribution in [2.24, 2.45) is 0 Å². The van der Waals surface area contributed by atoms with Crippen molar-refractivity contribution in [1.29, 1.82) is 0 Å². The first kappa shape index (κ1) is 24.5. The summed E-state index contributed by atoms with van der Waals surface area (Å²) in [4.78, 5) is 12.3. The molecule has 0 saturated carbocycles. The first-order valence-corrected chi connectivity index (χ1v) is 14.8. The molecule has 0 aliphatic heterocycles. The second kappa shape index (κ2) is 10.3. The van der Waals surface area contributed by atoms with Crippen LogP contribution < -0.4 is 4.90 Å². The van der Waals surface area contributed by atoms with Gasteiger partial charge in [-0.3, -0.25) is 9.88 Å². The average molecular weight is 556 g/mol. The number of para-hydroxylation sites is 1. The van der Waals surface area contributed by atoms with Gasteiger partial charge in [-0.1, -0.05) is 103 Å². The third-order valence-corrected chi connectivity index (χ3v) is 8.96. The van der Waals surface area contributed by atoms with Crippen molar-refractivity contribution in [3.05, 3.63) is 152 Å². The fraction of sp³-hybridized carbons (Fsp3) is 0. The standard InChI is InChI=1S/C38H25N3S/c1-3-12-27(13-4-1)34-19-10-20-35(40-34)41(29-15-5-2-6-16-29)30-17-9-14-28(25-30)36-38-33(23-24-39-36)32-22-21-26-11-7-8-18-31(26)37(32)42-38/h1-25H. The fourth-order valence-electron chi connectivity index (χ4n) is 5.74. The van der Waals surface area contributed by atoms with Gasteiger partial charge in [0.15, 0.2) is 0 Å². The van der Waals surface area contributed by atoms with Crippen LogP contribution in [0.1, 0.15) is 0 Å². The molecule has 3 heterocycles. The molecule has 0 saturated heterocycles. The van der Waals surface area contributed by atoms with Gasteiger partial charge in [0.2, 0.25) is 0 Å². The van der Waals surface area contributed by atoms with Crippen LogP contribution in [0.15, 0.2) is 152 Å². The van der Waals surface area contributed by atoms with Gasteiger partial charge in [0.1, 0.15) is 5.82 Å². The molecule has 0 radical (unpaired) electrons. The molecule has 0 aliphatic carbocycles. The smallest absolute Gasteiger partial charge is 0.138 e. The molecule has 0 fully saturated rings. The minimum absolute atomic E-state index is 0.860. The summed E-state index contributed by atoms with van der Waals surface area (Å²) in [5.74, 6) is 0.860. The van der Waals surface area contributed by atoms with Gasteiger partial charge in [-0.05, 0) is 53.2 Å². The van der Waals surface area contributed by atoms with Crippen LogP contribution in [0.2, 0.25) is 0 Å². The topological polar surface area (TPSA) is 29.0 Å². The molecule has 0 aliphatic rings. The molecular weight excluding hydrogens is 531 g/mol. The largest absolute Gasteiger partial charge is 0.295 e. The van der Waals surface area contributed by atoms with E-state index in [1.54, 1.807) is 0 Å². The number of fused-ring (bicyclic) bond motifs is 5. The molecule has 8 rings (SSSR count). The molecule has 0 atom stereocenters. The number of benzene rings is 5. The van der Waals surface area contributed by atoms with Gasteiger partial charge in [0.25, 0.3) is 0 Å². The number of hydrogen-bond donors (Lipinski definition) is 0. The molecule has 4 heteroatoms. The van der Waals surface area contributed by atoms with Gasteiger partial charge in [-0.15, -0.1) is 11.3 Å². The molecular formula is C38H25N3S. The van der Waals surface area contributed by atoms with Crippen LogP contribution in [0.5, 0.6) is 0 Å². The highest BCUT2D eigenvalue weighted by molar-refractivity contribution is 7.27. The number of rotatable bonds is 5. The maximum Gasteiger partial charge on any atom is 0.138 e. The molecule has 0 spiro atoms. The summed E-state index contributed by atoms with van der Waals surface area (Å²) in [7, 11) is 0.